The van der Waals surface area contributed by atoms with Gasteiger partial charge >= 0.3 is 0 Å². The van der Waals surface area contributed by atoms with Crippen LogP contribution in [0.3, 0.4) is 0 Å². The largest absolute Gasteiger partial charge is 0.0622 e. The first-order chi connectivity index (χ1) is 31.8. The number of fused-ring (bicyclic) bond motifs is 8. The van der Waals surface area contributed by atoms with Crippen molar-refractivity contribution in [1.29, 1.82) is 0 Å². The minimum absolute atomic E-state index is 1.22. The maximum absolute atomic E-state index is 2.50. The summed E-state index contributed by atoms with van der Waals surface area (Å²) < 4.78 is 0. The molecule has 0 heteroatoms. The molecule has 12 aromatic carbocycles. The molecule has 2 aliphatic carbocycles. The summed E-state index contributed by atoms with van der Waals surface area (Å²) in [6, 6.07) is 85.9. The Hall–Kier alpha value is -8.32. The van der Waals surface area contributed by atoms with Crippen LogP contribution in [0, 0.1) is 0 Å². The lowest BCUT2D eigenvalue weighted by Gasteiger charge is -2.21. The van der Waals surface area contributed by atoms with Crippen LogP contribution in [-0.2, 0) is 0 Å². The number of hydrogen-bond donors (Lipinski definition) is 0. The molecule has 0 heterocycles. The molecule has 294 valence electrons. The maximum atomic E-state index is 2.50. The van der Waals surface area contributed by atoms with Crippen molar-refractivity contribution in [2.24, 2.45) is 0 Å². The normalized spacial score (nSPS) is 12.1. The van der Waals surface area contributed by atoms with Gasteiger partial charge in [0, 0.05) is 0 Å². The summed E-state index contributed by atoms with van der Waals surface area (Å²) in [4.78, 5) is 0. The van der Waals surface area contributed by atoms with Gasteiger partial charge in [0.15, 0.2) is 0 Å². The summed E-state index contributed by atoms with van der Waals surface area (Å²) in [7, 11) is 0. The van der Waals surface area contributed by atoms with Gasteiger partial charge < -0.3 is 0 Å². The van der Waals surface area contributed by atoms with Gasteiger partial charge in [0.05, 0.1) is 0 Å². The van der Waals surface area contributed by atoms with Gasteiger partial charge in [0.25, 0.3) is 0 Å². The van der Waals surface area contributed by atoms with E-state index in [1.165, 1.54) is 143 Å². The van der Waals surface area contributed by atoms with Crippen LogP contribution in [0.1, 0.15) is 0 Å². The van der Waals surface area contributed by atoms with E-state index >= 15 is 0 Å². The van der Waals surface area contributed by atoms with Gasteiger partial charge in [0.2, 0.25) is 0 Å². The lowest BCUT2D eigenvalue weighted by atomic mass is 9.81. The van der Waals surface area contributed by atoms with Crippen LogP contribution in [0.25, 0.3) is 143 Å². The number of hydrogen-bond acceptors (Lipinski definition) is 0. The zero-order valence-electron chi connectivity index (χ0n) is 34.9. The fourth-order valence-electron chi connectivity index (χ4n) is 11.6. The molecule has 0 bridgehead atoms. The second kappa shape index (κ2) is 13.6. The van der Waals surface area contributed by atoms with Gasteiger partial charge in [-0.3, -0.25) is 0 Å². The van der Waals surface area contributed by atoms with Crippen LogP contribution in [0.15, 0.2) is 231 Å². The molecule has 0 nitrogen and oxygen atoms in total. The summed E-state index contributed by atoms with van der Waals surface area (Å²) in [6.07, 6.45) is 0. The average molecular weight is 807 g/mol. The van der Waals surface area contributed by atoms with Gasteiger partial charge in [-0.25, -0.2) is 0 Å². The fourth-order valence-corrected chi connectivity index (χ4v) is 11.6. The van der Waals surface area contributed by atoms with Crippen molar-refractivity contribution >= 4 is 43.1 Å². The summed E-state index contributed by atoms with van der Waals surface area (Å²) in [6.45, 7) is 0. The first kappa shape index (κ1) is 35.3. The summed E-state index contributed by atoms with van der Waals surface area (Å²) in [5, 5.41) is 10.3. The minimum Gasteiger partial charge on any atom is -0.0622 e. The molecule has 0 fully saturated rings. The smallest absolute Gasteiger partial charge is 0.000741 e. The zero-order valence-corrected chi connectivity index (χ0v) is 34.9. The second-order valence-corrected chi connectivity index (χ2v) is 17.4. The predicted molar refractivity (Wildman–Crippen MR) is 273 cm³/mol. The van der Waals surface area contributed by atoms with Crippen molar-refractivity contribution in [3.8, 4) is 100 Å². The maximum Gasteiger partial charge on any atom is -0.000741 e. The van der Waals surface area contributed by atoms with E-state index < -0.39 is 0 Å². The van der Waals surface area contributed by atoms with Gasteiger partial charge in [-0.2, -0.15) is 0 Å². The van der Waals surface area contributed by atoms with Crippen LogP contribution >= 0.6 is 0 Å². The summed E-state index contributed by atoms with van der Waals surface area (Å²) in [5.74, 6) is 0. The molecule has 0 aliphatic heterocycles. The first-order valence-corrected chi connectivity index (χ1v) is 22.4. The Labute approximate surface area is 372 Å². The Balaban J connectivity index is 1.09. The van der Waals surface area contributed by atoms with Crippen molar-refractivity contribution in [2.45, 2.75) is 0 Å². The molecule has 0 saturated heterocycles. The molecule has 12 aromatic rings. The quantitative estimate of drug-likeness (QED) is 0.163. The van der Waals surface area contributed by atoms with Gasteiger partial charge in [-0.05, 0) is 149 Å². The van der Waals surface area contributed by atoms with Crippen molar-refractivity contribution in [1.82, 2.24) is 0 Å². The molecule has 0 atom stereocenters. The molecule has 0 amide bonds. The van der Waals surface area contributed by atoms with E-state index in [-0.39, 0.29) is 0 Å². The third-order valence-corrected chi connectivity index (χ3v) is 14.1. The fraction of sp³-hybridized carbons (Fsp3) is 0. The molecule has 0 radical (unpaired) electrons. The third-order valence-electron chi connectivity index (χ3n) is 14.1. The molecule has 0 spiro atoms. The highest BCUT2D eigenvalue weighted by Gasteiger charge is 2.33. The van der Waals surface area contributed by atoms with Gasteiger partial charge in [-0.15, -0.1) is 0 Å². The van der Waals surface area contributed by atoms with Crippen LogP contribution in [0.4, 0.5) is 0 Å². The molecule has 0 unspecified atom stereocenters. The van der Waals surface area contributed by atoms with E-state index in [1.54, 1.807) is 0 Å². The number of rotatable bonds is 5. The first-order valence-electron chi connectivity index (χ1n) is 22.4. The molecular formula is C64H38. The number of benzene rings is 12. The van der Waals surface area contributed by atoms with E-state index in [4.69, 9.17) is 0 Å². The van der Waals surface area contributed by atoms with Crippen LogP contribution in [0.2, 0.25) is 0 Å². The predicted octanol–water partition coefficient (Wildman–Crippen LogP) is 17.9. The average Bonchev–Trinajstić information content (AvgIpc) is 3.87. The van der Waals surface area contributed by atoms with E-state index in [1.807, 2.05) is 0 Å². The molecule has 64 heavy (non-hydrogen) atoms. The Bertz CT molecular complexity index is 3800. The van der Waals surface area contributed by atoms with E-state index in [9.17, 15) is 0 Å². The van der Waals surface area contributed by atoms with Gasteiger partial charge in [-0.1, -0.05) is 224 Å². The second-order valence-electron chi connectivity index (χ2n) is 17.4. The standard InChI is InChI=1S/C64H38/c1-5-18-40(19-6-1)56-47-28-13-14-29-48(47)57(41-20-7-2-8-21-41)64-53-37-36-45(46-30-17-33-52(60(46)53)63(56)64)44-34-35-49-54(38-44)59(43-24-11-4-12-25-43)62-51-32-16-27-39-26-15-31-50(55(39)51)61(62)58(49)42-22-9-3-10-23-42/h1-38H. The SMILES string of the molecule is c1ccc(-c2c3c(c(-c4ccccc4)c4cc(-c5ccc6c7c(cccc57)-c5c-6c(-c6ccccc6)c6ccccc6c5-c5ccccc5)ccc24)-c2cccc4cccc-3c24)cc1. The summed E-state index contributed by atoms with van der Waals surface area (Å²) >= 11 is 0. The highest BCUT2D eigenvalue weighted by Crippen LogP contribution is 2.60. The highest BCUT2D eigenvalue weighted by atomic mass is 14.4. The van der Waals surface area contributed by atoms with Gasteiger partial charge in [0.1, 0.15) is 0 Å². The van der Waals surface area contributed by atoms with Crippen molar-refractivity contribution in [2.75, 3.05) is 0 Å². The van der Waals surface area contributed by atoms with E-state index in [2.05, 4.69) is 231 Å². The molecule has 14 rings (SSSR count). The zero-order chi connectivity index (χ0) is 41.9. The lowest BCUT2D eigenvalue weighted by Crippen LogP contribution is -1.94. The van der Waals surface area contributed by atoms with Crippen LogP contribution in [-0.4, -0.2) is 0 Å². The monoisotopic (exact) mass is 806 g/mol. The van der Waals surface area contributed by atoms with Crippen molar-refractivity contribution < 1.29 is 0 Å². The van der Waals surface area contributed by atoms with Crippen LogP contribution in [0.5, 0.6) is 0 Å². The molecule has 2 aliphatic rings. The Kier molecular flexibility index (Phi) is 7.49. The molecular weight excluding hydrogens is 769 g/mol. The Morgan fingerprint density at radius 1 is 0.172 bits per heavy atom. The van der Waals surface area contributed by atoms with Crippen LogP contribution < -0.4 is 0 Å². The third kappa shape index (κ3) is 4.88. The van der Waals surface area contributed by atoms with E-state index in [0.29, 0.717) is 0 Å². The molecule has 0 saturated carbocycles. The lowest BCUT2D eigenvalue weighted by molar-refractivity contribution is 1.61. The van der Waals surface area contributed by atoms with Crippen molar-refractivity contribution in [3.63, 3.8) is 0 Å². The Morgan fingerprint density at radius 2 is 0.531 bits per heavy atom. The molecule has 0 N–H and O–H groups in total. The highest BCUT2D eigenvalue weighted by molar-refractivity contribution is 6.30. The Morgan fingerprint density at radius 3 is 1.02 bits per heavy atom. The summed E-state index contributed by atoms with van der Waals surface area (Å²) in [5.41, 5.74) is 23.1. The van der Waals surface area contributed by atoms with Crippen molar-refractivity contribution in [3.05, 3.63) is 231 Å². The minimum atomic E-state index is 1.22. The molecule has 0 aromatic heterocycles. The topological polar surface area (TPSA) is 0 Å². The van der Waals surface area contributed by atoms with E-state index in [0.717, 1.165) is 0 Å².